The highest BCUT2D eigenvalue weighted by atomic mass is 16.5. The zero-order valence-electron chi connectivity index (χ0n) is 7.54. The SMILES string of the molecule is COC(=O)C1C2CC=C(C)[C@@H]1C2. The van der Waals surface area contributed by atoms with E-state index in [-0.39, 0.29) is 11.9 Å². The van der Waals surface area contributed by atoms with Gasteiger partial charge in [0.05, 0.1) is 13.0 Å². The van der Waals surface area contributed by atoms with Gasteiger partial charge in [0.1, 0.15) is 0 Å². The van der Waals surface area contributed by atoms with E-state index in [0.717, 1.165) is 6.42 Å². The quantitative estimate of drug-likeness (QED) is 0.438. The third-order valence-electron chi connectivity index (χ3n) is 3.30. The van der Waals surface area contributed by atoms with E-state index in [2.05, 4.69) is 13.0 Å². The molecule has 0 amide bonds. The average Bonchev–Trinajstić information content (AvgIpc) is 2.03. The summed E-state index contributed by atoms with van der Waals surface area (Å²) >= 11 is 0. The summed E-state index contributed by atoms with van der Waals surface area (Å²) in [5.41, 5.74) is 1.38. The van der Waals surface area contributed by atoms with Crippen molar-refractivity contribution in [3.05, 3.63) is 11.6 Å². The molecule has 2 heteroatoms. The maximum atomic E-state index is 11.3. The van der Waals surface area contributed by atoms with Gasteiger partial charge in [-0.1, -0.05) is 11.6 Å². The topological polar surface area (TPSA) is 26.3 Å². The molecule has 3 aliphatic carbocycles. The molecule has 2 nitrogen and oxygen atoms in total. The molecule has 0 spiro atoms. The molecule has 0 heterocycles. The van der Waals surface area contributed by atoms with Gasteiger partial charge in [-0.25, -0.2) is 0 Å². The summed E-state index contributed by atoms with van der Waals surface area (Å²) in [4.78, 5) is 11.3. The zero-order valence-corrected chi connectivity index (χ0v) is 7.54. The predicted molar refractivity (Wildman–Crippen MR) is 45.5 cm³/mol. The lowest BCUT2D eigenvalue weighted by atomic mass is 9.57. The van der Waals surface area contributed by atoms with Crippen molar-refractivity contribution in [2.45, 2.75) is 19.8 Å². The van der Waals surface area contributed by atoms with Crippen LogP contribution in [0, 0.1) is 17.8 Å². The van der Waals surface area contributed by atoms with E-state index >= 15 is 0 Å². The molecule has 2 bridgehead atoms. The second-order valence-corrected chi connectivity index (χ2v) is 3.84. The monoisotopic (exact) mass is 166 g/mol. The molecule has 1 fully saturated rings. The van der Waals surface area contributed by atoms with E-state index in [1.54, 1.807) is 0 Å². The molecule has 3 aliphatic rings. The van der Waals surface area contributed by atoms with Gasteiger partial charge >= 0.3 is 5.97 Å². The Morgan fingerprint density at radius 1 is 1.67 bits per heavy atom. The fourth-order valence-corrected chi connectivity index (χ4v) is 2.45. The van der Waals surface area contributed by atoms with Crippen molar-refractivity contribution in [2.75, 3.05) is 7.11 Å². The van der Waals surface area contributed by atoms with Gasteiger partial charge in [-0.15, -0.1) is 0 Å². The Morgan fingerprint density at radius 2 is 2.42 bits per heavy atom. The van der Waals surface area contributed by atoms with Crippen LogP contribution in [-0.2, 0) is 9.53 Å². The molecular formula is C10H14O2. The number of carbonyl (C=O) groups excluding carboxylic acids is 1. The summed E-state index contributed by atoms with van der Waals surface area (Å²) in [5.74, 6) is 1.24. The Kier molecular flexibility index (Phi) is 1.71. The van der Waals surface area contributed by atoms with Crippen LogP contribution in [0.4, 0.5) is 0 Å². The van der Waals surface area contributed by atoms with Gasteiger partial charge in [0.25, 0.3) is 0 Å². The summed E-state index contributed by atoms with van der Waals surface area (Å²) in [6.07, 6.45) is 4.53. The number of ether oxygens (including phenoxy) is 1. The molecule has 66 valence electrons. The molecule has 1 saturated carbocycles. The van der Waals surface area contributed by atoms with E-state index in [0.29, 0.717) is 11.8 Å². The van der Waals surface area contributed by atoms with Gasteiger partial charge in [-0.05, 0) is 31.6 Å². The van der Waals surface area contributed by atoms with Crippen molar-refractivity contribution in [1.82, 2.24) is 0 Å². The average molecular weight is 166 g/mol. The number of esters is 1. The predicted octanol–water partition coefficient (Wildman–Crippen LogP) is 1.76. The van der Waals surface area contributed by atoms with E-state index < -0.39 is 0 Å². The van der Waals surface area contributed by atoms with Gasteiger partial charge in [0, 0.05) is 0 Å². The van der Waals surface area contributed by atoms with Crippen LogP contribution in [0.5, 0.6) is 0 Å². The van der Waals surface area contributed by atoms with Crippen LogP contribution in [0.3, 0.4) is 0 Å². The van der Waals surface area contributed by atoms with Crippen LogP contribution in [0.15, 0.2) is 11.6 Å². The van der Waals surface area contributed by atoms with Crippen LogP contribution in [0.2, 0.25) is 0 Å². The summed E-state index contributed by atoms with van der Waals surface area (Å²) in [6, 6.07) is 0. The highest BCUT2D eigenvalue weighted by Gasteiger charge is 2.48. The highest BCUT2D eigenvalue weighted by Crippen LogP contribution is 2.50. The summed E-state index contributed by atoms with van der Waals surface area (Å²) in [6.45, 7) is 2.12. The number of carbonyl (C=O) groups is 1. The zero-order chi connectivity index (χ0) is 8.72. The summed E-state index contributed by atoms with van der Waals surface area (Å²) < 4.78 is 4.77. The molecule has 0 radical (unpaired) electrons. The fraction of sp³-hybridized carbons (Fsp3) is 0.700. The van der Waals surface area contributed by atoms with Crippen LogP contribution >= 0.6 is 0 Å². The third-order valence-corrected chi connectivity index (χ3v) is 3.30. The van der Waals surface area contributed by atoms with Crippen LogP contribution in [0.1, 0.15) is 19.8 Å². The van der Waals surface area contributed by atoms with Crippen molar-refractivity contribution in [2.24, 2.45) is 17.8 Å². The Labute approximate surface area is 72.6 Å². The van der Waals surface area contributed by atoms with Crippen molar-refractivity contribution in [3.63, 3.8) is 0 Å². The first-order valence-electron chi connectivity index (χ1n) is 4.48. The number of methoxy groups -OCH3 is 1. The van der Waals surface area contributed by atoms with Crippen molar-refractivity contribution < 1.29 is 9.53 Å². The normalized spacial score (nSPS) is 38.2. The van der Waals surface area contributed by atoms with Crippen LogP contribution in [-0.4, -0.2) is 13.1 Å². The van der Waals surface area contributed by atoms with Gasteiger partial charge in [0.2, 0.25) is 0 Å². The maximum absolute atomic E-state index is 11.3. The van der Waals surface area contributed by atoms with E-state index in [1.165, 1.54) is 19.1 Å². The molecule has 2 unspecified atom stereocenters. The summed E-state index contributed by atoms with van der Waals surface area (Å²) in [7, 11) is 1.48. The van der Waals surface area contributed by atoms with Crippen molar-refractivity contribution in [3.8, 4) is 0 Å². The molecule has 0 aromatic carbocycles. The summed E-state index contributed by atoms with van der Waals surface area (Å²) in [5, 5.41) is 0. The molecular weight excluding hydrogens is 152 g/mol. The minimum absolute atomic E-state index is 0.0105. The van der Waals surface area contributed by atoms with Crippen molar-refractivity contribution in [1.29, 1.82) is 0 Å². The molecule has 3 rings (SSSR count). The number of rotatable bonds is 1. The second kappa shape index (κ2) is 2.61. The van der Waals surface area contributed by atoms with Crippen molar-refractivity contribution >= 4 is 5.97 Å². The van der Waals surface area contributed by atoms with Crippen LogP contribution < -0.4 is 0 Å². The Balaban J connectivity index is 2.13. The minimum atomic E-state index is -0.0105. The first-order chi connectivity index (χ1) is 5.74. The van der Waals surface area contributed by atoms with Gasteiger partial charge in [-0.2, -0.15) is 0 Å². The Bertz CT molecular complexity index is 242. The Hall–Kier alpha value is -0.790. The number of fused-ring (bicyclic) bond motifs is 1. The lowest BCUT2D eigenvalue weighted by molar-refractivity contribution is -0.155. The third kappa shape index (κ3) is 0.904. The molecule has 0 N–H and O–H groups in total. The maximum Gasteiger partial charge on any atom is 0.309 e. The van der Waals surface area contributed by atoms with E-state index in [4.69, 9.17) is 4.74 Å². The smallest absolute Gasteiger partial charge is 0.309 e. The highest BCUT2D eigenvalue weighted by molar-refractivity contribution is 5.75. The first kappa shape index (κ1) is 7.84. The van der Waals surface area contributed by atoms with Gasteiger partial charge in [-0.3, -0.25) is 4.79 Å². The number of hydrogen-bond acceptors (Lipinski definition) is 2. The molecule has 3 atom stereocenters. The lowest BCUT2D eigenvalue weighted by Gasteiger charge is -2.46. The lowest BCUT2D eigenvalue weighted by Crippen LogP contribution is -2.45. The fourth-order valence-electron chi connectivity index (χ4n) is 2.45. The second-order valence-electron chi connectivity index (χ2n) is 3.84. The minimum Gasteiger partial charge on any atom is -0.469 e. The largest absolute Gasteiger partial charge is 0.469 e. The van der Waals surface area contributed by atoms with Gasteiger partial charge < -0.3 is 4.74 Å². The molecule has 0 aromatic rings. The standard InChI is InChI=1S/C10H14O2/c1-6-3-4-7-5-8(6)9(7)10(11)12-2/h3,7-9H,4-5H2,1-2H3/t7?,8-,9?/m0/s1. The molecule has 0 aromatic heterocycles. The van der Waals surface area contributed by atoms with E-state index in [1.807, 2.05) is 0 Å². The molecule has 0 saturated heterocycles. The molecule has 12 heavy (non-hydrogen) atoms. The van der Waals surface area contributed by atoms with Gasteiger partial charge in [0.15, 0.2) is 0 Å². The van der Waals surface area contributed by atoms with Crippen LogP contribution in [0.25, 0.3) is 0 Å². The first-order valence-corrected chi connectivity index (χ1v) is 4.48. The Morgan fingerprint density at radius 3 is 2.92 bits per heavy atom. The molecule has 0 aliphatic heterocycles. The number of hydrogen-bond donors (Lipinski definition) is 0. The van der Waals surface area contributed by atoms with E-state index in [9.17, 15) is 4.79 Å². The number of allylic oxidation sites excluding steroid dienone is 2.